The fourth-order valence-corrected chi connectivity index (χ4v) is 2.43. The molecule has 0 fully saturated rings. The molecule has 2 N–H and O–H groups in total. The number of aliphatic hydroxyl groups excluding tert-OH is 1. The number of nitrogens with one attached hydrogen (secondary N) is 1. The molecule has 0 aliphatic carbocycles. The summed E-state index contributed by atoms with van der Waals surface area (Å²) < 4.78 is 11.2. The zero-order valence-electron chi connectivity index (χ0n) is 18.9. The summed E-state index contributed by atoms with van der Waals surface area (Å²) in [5, 5.41) is 13.1. The van der Waals surface area contributed by atoms with Crippen LogP contribution >= 0.6 is 0 Å². The van der Waals surface area contributed by atoms with E-state index in [0.29, 0.717) is 12.1 Å². The molecular formula is C24H35NO4. The van der Waals surface area contributed by atoms with E-state index in [0.717, 1.165) is 22.6 Å². The predicted molar refractivity (Wildman–Crippen MR) is 118 cm³/mol. The van der Waals surface area contributed by atoms with Crippen molar-refractivity contribution in [1.82, 2.24) is 5.32 Å². The number of hydrogen-bond acceptors (Lipinski definition) is 4. The molecule has 5 nitrogen and oxygen atoms in total. The van der Waals surface area contributed by atoms with Crippen LogP contribution in [0.1, 0.15) is 66.5 Å². The Morgan fingerprint density at radius 3 is 2.41 bits per heavy atom. The van der Waals surface area contributed by atoms with Crippen LogP contribution in [-0.2, 0) is 16.0 Å². The zero-order valence-corrected chi connectivity index (χ0v) is 18.9. The zero-order chi connectivity index (χ0) is 22.2. The van der Waals surface area contributed by atoms with Crippen LogP contribution in [0.25, 0.3) is 5.57 Å². The standard InChI is InChI=1S/C24H35NO4/c1-9-17(4)28-22(16(2)3)14-21(18(5)26)20-12-10-11-19(13-20)15-25-23(27)29-24(6,7)8/h9-14,16,26H,15H2,1-8H3,(H,25,27)/b17-9+,21-18-,22-14+. The molecule has 0 aromatic heterocycles. The van der Waals surface area contributed by atoms with Gasteiger partial charge in [-0.1, -0.05) is 32.0 Å². The SMILES string of the molecule is C/C=C(\C)O/C(=C/C(=C(\C)O)c1cccc(CNC(=O)OC(C)(C)C)c1)C(C)C. The van der Waals surface area contributed by atoms with Crippen LogP contribution in [0.5, 0.6) is 0 Å². The number of allylic oxidation sites excluding steroid dienone is 6. The number of aliphatic hydroxyl groups is 1. The van der Waals surface area contributed by atoms with Gasteiger partial charge in [-0.25, -0.2) is 4.79 Å². The first-order chi connectivity index (χ1) is 13.4. The summed E-state index contributed by atoms with van der Waals surface area (Å²) in [4.78, 5) is 11.9. The molecule has 29 heavy (non-hydrogen) atoms. The van der Waals surface area contributed by atoms with Crippen LogP contribution < -0.4 is 5.32 Å². The third-order valence-electron chi connectivity index (χ3n) is 4.00. The van der Waals surface area contributed by atoms with Gasteiger partial charge in [0.2, 0.25) is 0 Å². The van der Waals surface area contributed by atoms with Crippen molar-refractivity contribution in [1.29, 1.82) is 0 Å². The van der Waals surface area contributed by atoms with E-state index in [1.807, 2.05) is 84.9 Å². The molecule has 1 aromatic rings. The average molecular weight is 402 g/mol. The normalized spacial score (nSPS) is 13.8. The molecule has 0 saturated heterocycles. The summed E-state index contributed by atoms with van der Waals surface area (Å²) in [6.07, 6.45) is 3.30. The van der Waals surface area contributed by atoms with E-state index in [-0.39, 0.29) is 11.7 Å². The number of carbonyl (C=O) groups is 1. The largest absolute Gasteiger partial charge is 0.512 e. The van der Waals surface area contributed by atoms with E-state index in [2.05, 4.69) is 5.32 Å². The number of alkyl carbamates (subject to hydrolysis) is 1. The fraction of sp³-hybridized carbons (Fsp3) is 0.458. The first-order valence-electron chi connectivity index (χ1n) is 9.91. The third-order valence-corrected chi connectivity index (χ3v) is 4.00. The first-order valence-corrected chi connectivity index (χ1v) is 9.91. The maximum atomic E-state index is 11.9. The van der Waals surface area contributed by atoms with Crippen LogP contribution in [0.2, 0.25) is 0 Å². The molecule has 0 spiro atoms. The summed E-state index contributed by atoms with van der Waals surface area (Å²) in [6.45, 7) is 15.4. The number of benzene rings is 1. The molecule has 0 bridgehead atoms. The van der Waals surface area contributed by atoms with E-state index in [4.69, 9.17) is 9.47 Å². The summed E-state index contributed by atoms with van der Waals surface area (Å²) in [5.74, 6) is 1.91. The lowest BCUT2D eigenvalue weighted by molar-refractivity contribution is 0.0523. The van der Waals surface area contributed by atoms with Gasteiger partial charge in [0.25, 0.3) is 0 Å². The molecule has 0 unspecified atom stereocenters. The summed E-state index contributed by atoms with van der Waals surface area (Å²) >= 11 is 0. The minimum atomic E-state index is -0.543. The average Bonchev–Trinajstić information content (AvgIpc) is 2.61. The van der Waals surface area contributed by atoms with Crippen molar-refractivity contribution >= 4 is 11.7 Å². The van der Waals surface area contributed by atoms with Gasteiger partial charge in [0.05, 0.1) is 11.5 Å². The monoisotopic (exact) mass is 401 g/mol. The van der Waals surface area contributed by atoms with E-state index in [1.165, 1.54) is 0 Å². The van der Waals surface area contributed by atoms with Gasteiger partial charge in [0, 0.05) is 18.0 Å². The van der Waals surface area contributed by atoms with Crippen molar-refractivity contribution < 1.29 is 19.4 Å². The van der Waals surface area contributed by atoms with Crippen molar-refractivity contribution in [2.24, 2.45) is 5.92 Å². The van der Waals surface area contributed by atoms with Gasteiger partial charge in [-0.2, -0.15) is 0 Å². The van der Waals surface area contributed by atoms with Crippen molar-refractivity contribution in [3.05, 3.63) is 64.8 Å². The minimum Gasteiger partial charge on any atom is -0.512 e. The van der Waals surface area contributed by atoms with Gasteiger partial charge in [0.15, 0.2) is 0 Å². The molecule has 0 aliphatic rings. The van der Waals surface area contributed by atoms with Crippen LogP contribution in [0, 0.1) is 5.92 Å². The Bertz CT molecular complexity index is 791. The lowest BCUT2D eigenvalue weighted by Gasteiger charge is -2.19. The van der Waals surface area contributed by atoms with Crippen LogP contribution in [0.4, 0.5) is 4.79 Å². The molecule has 0 atom stereocenters. The number of rotatable bonds is 7. The van der Waals surface area contributed by atoms with Gasteiger partial charge in [-0.05, 0) is 70.9 Å². The highest BCUT2D eigenvalue weighted by Crippen LogP contribution is 2.26. The molecule has 0 saturated carbocycles. The Morgan fingerprint density at radius 2 is 1.90 bits per heavy atom. The van der Waals surface area contributed by atoms with Gasteiger partial charge >= 0.3 is 6.09 Å². The van der Waals surface area contributed by atoms with Crippen molar-refractivity contribution in [2.45, 2.75) is 67.5 Å². The Kier molecular flexibility index (Phi) is 9.02. The molecule has 1 rings (SSSR count). The number of carbonyl (C=O) groups excluding carboxylic acids is 1. The lowest BCUT2D eigenvalue weighted by Crippen LogP contribution is -2.32. The smallest absolute Gasteiger partial charge is 0.407 e. The maximum absolute atomic E-state index is 11.9. The Labute approximate surface area is 175 Å². The molecule has 1 amide bonds. The van der Waals surface area contributed by atoms with Gasteiger partial charge < -0.3 is 19.9 Å². The van der Waals surface area contributed by atoms with Gasteiger partial charge in [-0.15, -0.1) is 0 Å². The second kappa shape index (κ2) is 10.7. The Hall–Kier alpha value is -2.69. The maximum Gasteiger partial charge on any atom is 0.407 e. The van der Waals surface area contributed by atoms with Gasteiger partial charge in [0.1, 0.15) is 11.4 Å². The van der Waals surface area contributed by atoms with Crippen molar-refractivity contribution in [2.75, 3.05) is 0 Å². The minimum absolute atomic E-state index is 0.149. The molecule has 1 aromatic carbocycles. The van der Waals surface area contributed by atoms with Crippen molar-refractivity contribution in [3.63, 3.8) is 0 Å². The van der Waals surface area contributed by atoms with Crippen LogP contribution in [0.3, 0.4) is 0 Å². The Balaban J connectivity index is 3.10. The van der Waals surface area contributed by atoms with Crippen molar-refractivity contribution in [3.8, 4) is 0 Å². The highest BCUT2D eigenvalue weighted by atomic mass is 16.6. The molecule has 0 radical (unpaired) electrons. The molecule has 160 valence electrons. The highest BCUT2D eigenvalue weighted by molar-refractivity contribution is 5.76. The third kappa shape index (κ3) is 8.90. The number of hydrogen-bond donors (Lipinski definition) is 2. The summed E-state index contributed by atoms with van der Waals surface area (Å²) in [6, 6.07) is 7.66. The molecular weight excluding hydrogens is 366 g/mol. The van der Waals surface area contributed by atoms with Crippen LogP contribution in [0.15, 0.2) is 53.7 Å². The lowest BCUT2D eigenvalue weighted by atomic mass is 9.99. The first kappa shape index (κ1) is 24.3. The van der Waals surface area contributed by atoms with E-state index in [1.54, 1.807) is 6.92 Å². The molecule has 0 aliphatic heterocycles. The highest BCUT2D eigenvalue weighted by Gasteiger charge is 2.16. The number of ether oxygens (including phenoxy) is 2. The second-order valence-electron chi connectivity index (χ2n) is 8.26. The molecule has 0 heterocycles. The van der Waals surface area contributed by atoms with E-state index >= 15 is 0 Å². The fourth-order valence-electron chi connectivity index (χ4n) is 2.43. The predicted octanol–water partition coefficient (Wildman–Crippen LogP) is 6.48. The van der Waals surface area contributed by atoms with E-state index < -0.39 is 11.7 Å². The quantitative estimate of drug-likeness (QED) is 0.405. The number of amides is 1. The van der Waals surface area contributed by atoms with Crippen LogP contribution in [-0.4, -0.2) is 16.8 Å². The van der Waals surface area contributed by atoms with E-state index in [9.17, 15) is 9.90 Å². The van der Waals surface area contributed by atoms with Gasteiger partial charge in [-0.3, -0.25) is 0 Å². The second-order valence-corrected chi connectivity index (χ2v) is 8.26. The molecule has 5 heteroatoms. The summed E-state index contributed by atoms with van der Waals surface area (Å²) in [7, 11) is 0. The summed E-state index contributed by atoms with van der Waals surface area (Å²) in [5.41, 5.74) is 1.88. The topological polar surface area (TPSA) is 67.8 Å². The Morgan fingerprint density at radius 1 is 1.24 bits per heavy atom.